The van der Waals surface area contributed by atoms with Gasteiger partial charge in [0, 0.05) is 31.0 Å². The Hall–Kier alpha value is -0.850. The van der Waals surface area contributed by atoms with Crippen molar-refractivity contribution in [1.29, 1.82) is 0 Å². The van der Waals surface area contributed by atoms with Crippen molar-refractivity contribution in [3.8, 4) is 0 Å². The van der Waals surface area contributed by atoms with Gasteiger partial charge >= 0.3 is 0 Å². The molecule has 3 rings (SSSR count). The van der Waals surface area contributed by atoms with E-state index in [1.807, 2.05) is 4.57 Å². The second-order valence-electron chi connectivity index (χ2n) is 5.43. The summed E-state index contributed by atoms with van der Waals surface area (Å²) in [5.41, 5.74) is 0.707. The monoisotopic (exact) mass is 284 g/mol. The van der Waals surface area contributed by atoms with Crippen molar-refractivity contribution < 1.29 is 13.5 Å². The molecule has 1 aliphatic carbocycles. The molecule has 0 radical (unpaired) electrons. The molecule has 1 aromatic rings. The minimum absolute atomic E-state index is 0.105. The van der Waals surface area contributed by atoms with Gasteiger partial charge in [-0.05, 0) is 31.7 Å². The van der Waals surface area contributed by atoms with Gasteiger partial charge in [-0.3, -0.25) is 0 Å². The zero-order valence-electron chi connectivity index (χ0n) is 11.0. The van der Waals surface area contributed by atoms with Crippen molar-refractivity contribution >= 4 is 10.0 Å². The van der Waals surface area contributed by atoms with Gasteiger partial charge in [-0.2, -0.15) is 4.31 Å². The molecule has 2 heterocycles. The van der Waals surface area contributed by atoms with Crippen LogP contribution in [0.2, 0.25) is 0 Å². The summed E-state index contributed by atoms with van der Waals surface area (Å²) in [5, 5.41) is 9.36. The summed E-state index contributed by atoms with van der Waals surface area (Å²) in [5.74, 6) is 0. The molecule has 106 valence electrons. The van der Waals surface area contributed by atoms with Crippen molar-refractivity contribution in [1.82, 2.24) is 8.87 Å². The fourth-order valence-electron chi connectivity index (χ4n) is 2.71. The largest absolute Gasteiger partial charge is 0.390 e. The number of hydrogen-bond donors (Lipinski definition) is 1. The van der Waals surface area contributed by atoms with E-state index in [1.165, 1.54) is 0 Å². The molecule has 1 N–H and O–H groups in total. The molecule has 6 heteroatoms. The van der Waals surface area contributed by atoms with Crippen LogP contribution in [0.3, 0.4) is 0 Å². The first kappa shape index (κ1) is 13.1. The molecule has 0 aromatic carbocycles. The molecule has 0 amide bonds. The summed E-state index contributed by atoms with van der Waals surface area (Å²) < 4.78 is 28.6. The molecule has 1 aromatic heterocycles. The summed E-state index contributed by atoms with van der Waals surface area (Å²) >= 11 is 0. The SMILES string of the molecule is O=S(=O)(c1cc(CO)n(C2CC2)c1)N1CCCCC1. The standard InChI is InChI=1S/C13H20N2O3S/c16-10-12-8-13(9-15(12)11-4-5-11)19(17,18)14-6-2-1-3-7-14/h8-9,11,16H,1-7,10H2. The highest BCUT2D eigenvalue weighted by Gasteiger charge is 2.31. The first-order chi connectivity index (χ1) is 9.13. The van der Waals surface area contributed by atoms with Crippen LogP contribution in [0.15, 0.2) is 17.2 Å². The molecule has 0 atom stereocenters. The number of aliphatic hydroxyl groups excluding tert-OH is 1. The van der Waals surface area contributed by atoms with Gasteiger partial charge < -0.3 is 9.67 Å². The van der Waals surface area contributed by atoms with Crippen LogP contribution in [0.25, 0.3) is 0 Å². The Balaban J connectivity index is 1.91. The van der Waals surface area contributed by atoms with Crippen molar-refractivity contribution in [3.05, 3.63) is 18.0 Å². The Bertz CT molecular complexity index is 554. The summed E-state index contributed by atoms with van der Waals surface area (Å²) in [4.78, 5) is 0.338. The fraction of sp³-hybridized carbons (Fsp3) is 0.692. The smallest absolute Gasteiger partial charge is 0.244 e. The first-order valence-electron chi connectivity index (χ1n) is 6.94. The van der Waals surface area contributed by atoms with E-state index in [1.54, 1.807) is 16.6 Å². The highest BCUT2D eigenvalue weighted by Crippen LogP contribution is 2.37. The van der Waals surface area contributed by atoms with Crippen LogP contribution in [0.1, 0.15) is 43.8 Å². The molecule has 5 nitrogen and oxygen atoms in total. The second-order valence-corrected chi connectivity index (χ2v) is 7.37. The maximum Gasteiger partial charge on any atom is 0.244 e. The number of aromatic nitrogens is 1. The number of aliphatic hydroxyl groups is 1. The van der Waals surface area contributed by atoms with E-state index in [9.17, 15) is 13.5 Å². The second kappa shape index (κ2) is 4.92. The Morgan fingerprint density at radius 3 is 2.47 bits per heavy atom. The third-order valence-corrected chi connectivity index (χ3v) is 5.83. The van der Waals surface area contributed by atoms with Crippen LogP contribution < -0.4 is 0 Å². The quantitative estimate of drug-likeness (QED) is 0.911. The van der Waals surface area contributed by atoms with E-state index < -0.39 is 10.0 Å². The third-order valence-electron chi connectivity index (χ3n) is 3.96. The Morgan fingerprint density at radius 1 is 1.21 bits per heavy atom. The van der Waals surface area contributed by atoms with Crippen molar-refractivity contribution in [2.75, 3.05) is 13.1 Å². The molecule has 1 saturated carbocycles. The molecule has 0 bridgehead atoms. The predicted octanol–water partition coefficient (Wildman–Crippen LogP) is 1.49. The molecule has 2 aliphatic rings. The predicted molar refractivity (Wildman–Crippen MR) is 71.2 cm³/mol. The van der Waals surface area contributed by atoms with Gasteiger partial charge in [-0.25, -0.2) is 8.42 Å². The van der Waals surface area contributed by atoms with Crippen LogP contribution >= 0.6 is 0 Å². The van der Waals surface area contributed by atoms with Gasteiger partial charge in [0.25, 0.3) is 0 Å². The molecular formula is C13H20N2O3S. The average molecular weight is 284 g/mol. The van der Waals surface area contributed by atoms with Crippen LogP contribution in [0, 0.1) is 0 Å². The number of piperidine rings is 1. The Kier molecular flexibility index (Phi) is 3.41. The topological polar surface area (TPSA) is 62.5 Å². The fourth-order valence-corrected chi connectivity index (χ4v) is 4.28. The lowest BCUT2D eigenvalue weighted by atomic mass is 10.2. The lowest BCUT2D eigenvalue weighted by molar-refractivity contribution is 0.270. The normalized spacial score (nSPS) is 21.7. The molecule has 2 fully saturated rings. The number of rotatable bonds is 4. The molecule has 0 spiro atoms. The van der Waals surface area contributed by atoms with Gasteiger partial charge in [0.05, 0.1) is 6.61 Å². The lowest BCUT2D eigenvalue weighted by Crippen LogP contribution is -2.35. The van der Waals surface area contributed by atoms with Gasteiger partial charge in [0.2, 0.25) is 10.0 Å². The van der Waals surface area contributed by atoms with Gasteiger partial charge in [0.15, 0.2) is 0 Å². The molecular weight excluding hydrogens is 264 g/mol. The lowest BCUT2D eigenvalue weighted by Gasteiger charge is -2.25. The van der Waals surface area contributed by atoms with Crippen LogP contribution in [0.4, 0.5) is 0 Å². The molecule has 1 aliphatic heterocycles. The van der Waals surface area contributed by atoms with E-state index in [2.05, 4.69) is 0 Å². The summed E-state index contributed by atoms with van der Waals surface area (Å²) in [7, 11) is -3.38. The highest BCUT2D eigenvalue weighted by atomic mass is 32.2. The number of nitrogens with zero attached hydrogens (tertiary/aromatic N) is 2. The maximum atomic E-state index is 12.5. The summed E-state index contributed by atoms with van der Waals surface area (Å²) in [6.45, 7) is 1.13. The Labute approximate surface area is 113 Å². The minimum Gasteiger partial charge on any atom is -0.390 e. The van der Waals surface area contributed by atoms with Crippen LogP contribution in [-0.2, 0) is 16.6 Å². The summed E-state index contributed by atoms with van der Waals surface area (Å²) in [6, 6.07) is 2.01. The summed E-state index contributed by atoms with van der Waals surface area (Å²) in [6.07, 6.45) is 6.84. The zero-order chi connectivity index (χ0) is 13.5. The zero-order valence-corrected chi connectivity index (χ0v) is 11.8. The van der Waals surface area contributed by atoms with Crippen molar-refractivity contribution in [3.63, 3.8) is 0 Å². The van der Waals surface area contributed by atoms with Crippen molar-refractivity contribution in [2.24, 2.45) is 0 Å². The van der Waals surface area contributed by atoms with E-state index in [4.69, 9.17) is 0 Å². The molecule has 19 heavy (non-hydrogen) atoms. The molecule has 1 saturated heterocycles. The van der Waals surface area contributed by atoms with E-state index in [0.29, 0.717) is 29.7 Å². The van der Waals surface area contributed by atoms with E-state index in [0.717, 1.165) is 32.1 Å². The van der Waals surface area contributed by atoms with Gasteiger partial charge in [-0.15, -0.1) is 0 Å². The third kappa shape index (κ3) is 2.44. The van der Waals surface area contributed by atoms with Gasteiger partial charge in [0.1, 0.15) is 4.90 Å². The Morgan fingerprint density at radius 2 is 1.89 bits per heavy atom. The maximum absolute atomic E-state index is 12.5. The minimum atomic E-state index is -3.38. The first-order valence-corrected chi connectivity index (χ1v) is 8.38. The number of sulfonamides is 1. The molecule has 0 unspecified atom stereocenters. The van der Waals surface area contributed by atoms with Crippen LogP contribution in [0.5, 0.6) is 0 Å². The van der Waals surface area contributed by atoms with Crippen molar-refractivity contribution in [2.45, 2.75) is 49.6 Å². The van der Waals surface area contributed by atoms with Crippen LogP contribution in [-0.4, -0.2) is 35.5 Å². The van der Waals surface area contributed by atoms with Gasteiger partial charge in [-0.1, -0.05) is 6.42 Å². The number of hydrogen-bond acceptors (Lipinski definition) is 3. The highest BCUT2D eigenvalue weighted by molar-refractivity contribution is 7.89. The van der Waals surface area contributed by atoms with E-state index >= 15 is 0 Å². The average Bonchev–Trinajstić information content (AvgIpc) is 3.18. The van der Waals surface area contributed by atoms with E-state index in [-0.39, 0.29) is 6.61 Å².